The van der Waals surface area contributed by atoms with E-state index in [1.807, 2.05) is 45.9 Å². The summed E-state index contributed by atoms with van der Waals surface area (Å²) in [5, 5.41) is 8.98. The zero-order chi connectivity index (χ0) is 26.6. The van der Waals surface area contributed by atoms with Crippen molar-refractivity contribution in [3.05, 3.63) is 48.5 Å². The summed E-state index contributed by atoms with van der Waals surface area (Å²) >= 11 is 0. The summed E-state index contributed by atoms with van der Waals surface area (Å²) in [5.41, 5.74) is 0. The van der Waals surface area contributed by atoms with Crippen LogP contribution in [0.1, 0.15) is 92.4 Å². The SMILES string of the molecule is C#C.C#C.C/C=C\C(=C/C)OCC/C=C/C1CCCC1.C=C(CCCC(CC)CO)OC(C)C. The molecular formula is C31H52O3. The zero-order valence-corrected chi connectivity index (χ0v) is 22.7. The van der Waals surface area contributed by atoms with Gasteiger partial charge in [-0.05, 0) is 83.8 Å². The lowest BCUT2D eigenvalue weighted by Gasteiger charge is -2.14. The van der Waals surface area contributed by atoms with Crippen LogP contribution in [0.3, 0.4) is 0 Å². The Morgan fingerprint density at radius 2 is 1.74 bits per heavy atom. The summed E-state index contributed by atoms with van der Waals surface area (Å²) in [6, 6.07) is 0. The van der Waals surface area contributed by atoms with Gasteiger partial charge in [0.25, 0.3) is 0 Å². The van der Waals surface area contributed by atoms with Gasteiger partial charge in [-0.15, -0.1) is 25.7 Å². The highest BCUT2D eigenvalue weighted by atomic mass is 16.5. The van der Waals surface area contributed by atoms with Gasteiger partial charge in [-0.25, -0.2) is 0 Å². The van der Waals surface area contributed by atoms with E-state index >= 15 is 0 Å². The molecule has 1 aliphatic carbocycles. The lowest BCUT2D eigenvalue weighted by molar-refractivity contribution is 0.137. The van der Waals surface area contributed by atoms with Gasteiger partial charge in [-0.3, -0.25) is 0 Å². The van der Waals surface area contributed by atoms with Crippen molar-refractivity contribution >= 4 is 0 Å². The Kier molecular flexibility index (Phi) is 30.5. The monoisotopic (exact) mass is 472 g/mol. The Bertz CT molecular complexity index is 562. The molecule has 1 saturated carbocycles. The molecular weight excluding hydrogens is 420 g/mol. The Morgan fingerprint density at radius 1 is 1.12 bits per heavy atom. The maximum atomic E-state index is 8.98. The molecule has 3 nitrogen and oxygen atoms in total. The first kappa shape index (κ1) is 36.2. The molecule has 0 aromatic carbocycles. The minimum Gasteiger partial charge on any atom is -0.496 e. The molecule has 0 aliphatic heterocycles. The molecule has 0 spiro atoms. The van der Waals surface area contributed by atoms with Crippen molar-refractivity contribution in [1.29, 1.82) is 0 Å². The second kappa shape index (κ2) is 28.7. The molecule has 0 aromatic heterocycles. The minimum absolute atomic E-state index is 0.224. The van der Waals surface area contributed by atoms with Crippen LogP contribution in [0.5, 0.6) is 0 Å². The maximum Gasteiger partial charge on any atom is 0.114 e. The maximum absolute atomic E-state index is 8.98. The summed E-state index contributed by atoms with van der Waals surface area (Å²) in [6.07, 6.45) is 37.6. The number of aliphatic hydroxyl groups excluding tert-OH is 1. The van der Waals surface area contributed by atoms with Crippen molar-refractivity contribution in [3.63, 3.8) is 0 Å². The van der Waals surface area contributed by atoms with Crippen LogP contribution in [0.25, 0.3) is 0 Å². The van der Waals surface area contributed by atoms with Crippen LogP contribution in [0.4, 0.5) is 0 Å². The fraction of sp³-hybridized carbons (Fsp3) is 0.613. The molecule has 3 heteroatoms. The van der Waals surface area contributed by atoms with Crippen LogP contribution in [0, 0.1) is 37.5 Å². The number of allylic oxidation sites excluding steroid dienone is 5. The fourth-order valence-corrected chi connectivity index (χ4v) is 3.48. The van der Waals surface area contributed by atoms with Crippen LogP contribution in [0.2, 0.25) is 0 Å². The Hall–Kier alpha value is -2.36. The Labute approximate surface area is 212 Å². The molecule has 1 rings (SSSR count). The highest BCUT2D eigenvalue weighted by Gasteiger charge is 2.10. The number of rotatable bonds is 14. The standard InChI is InChI=1S/C15H24O.C12H24O2.2C2H2/c1-3-9-15(4-2)16-13-8-7-12-14-10-5-6-11-14;1-5-12(9-13)8-6-7-11(4)14-10(2)3;2*1-2/h3-4,7,9,12,14H,5-6,8,10-11,13H2,1-2H3;10,12-13H,4-9H2,1-3H3;2*1-2H/b9-3-,12-7+,15-4+;;;. The average molecular weight is 473 g/mol. The lowest BCUT2D eigenvalue weighted by atomic mass is 10.00. The molecule has 0 radical (unpaired) electrons. The van der Waals surface area contributed by atoms with Gasteiger partial charge in [-0.1, -0.05) is 51.0 Å². The van der Waals surface area contributed by atoms with E-state index < -0.39 is 0 Å². The van der Waals surface area contributed by atoms with Gasteiger partial charge in [0.2, 0.25) is 0 Å². The largest absolute Gasteiger partial charge is 0.496 e. The topological polar surface area (TPSA) is 38.7 Å². The normalized spacial score (nSPS) is 14.4. The van der Waals surface area contributed by atoms with Gasteiger partial charge in [0.1, 0.15) is 5.76 Å². The number of hydrogen-bond acceptors (Lipinski definition) is 3. The summed E-state index contributed by atoms with van der Waals surface area (Å²) in [7, 11) is 0. The first-order valence-electron chi connectivity index (χ1n) is 12.7. The predicted molar refractivity (Wildman–Crippen MR) is 150 cm³/mol. The van der Waals surface area contributed by atoms with Crippen molar-refractivity contribution in [2.24, 2.45) is 11.8 Å². The van der Waals surface area contributed by atoms with E-state index in [1.165, 1.54) is 25.7 Å². The van der Waals surface area contributed by atoms with Crippen LogP contribution in [-0.2, 0) is 9.47 Å². The number of hydrogen-bond donors (Lipinski definition) is 1. The van der Waals surface area contributed by atoms with E-state index in [-0.39, 0.29) is 6.10 Å². The summed E-state index contributed by atoms with van der Waals surface area (Å²) in [5.74, 6) is 3.13. The average Bonchev–Trinajstić information content (AvgIpc) is 3.37. The summed E-state index contributed by atoms with van der Waals surface area (Å²) in [4.78, 5) is 0. The van der Waals surface area contributed by atoms with Crippen LogP contribution in [-0.4, -0.2) is 24.4 Å². The third-order valence-electron chi connectivity index (χ3n) is 5.28. The number of terminal acetylenes is 2. The van der Waals surface area contributed by atoms with E-state index in [0.717, 1.165) is 56.1 Å². The van der Waals surface area contributed by atoms with Crippen molar-refractivity contribution in [3.8, 4) is 25.7 Å². The van der Waals surface area contributed by atoms with Gasteiger partial charge < -0.3 is 14.6 Å². The molecule has 0 bridgehead atoms. The molecule has 1 unspecified atom stereocenters. The van der Waals surface area contributed by atoms with E-state index in [9.17, 15) is 0 Å². The Balaban J connectivity index is -0.000000496. The van der Waals surface area contributed by atoms with E-state index in [4.69, 9.17) is 14.6 Å². The van der Waals surface area contributed by atoms with Crippen LogP contribution < -0.4 is 0 Å². The van der Waals surface area contributed by atoms with E-state index in [1.54, 1.807) is 0 Å². The molecule has 0 heterocycles. The van der Waals surface area contributed by atoms with Crippen molar-refractivity contribution in [1.82, 2.24) is 0 Å². The number of ether oxygens (including phenoxy) is 2. The minimum atomic E-state index is 0.224. The van der Waals surface area contributed by atoms with E-state index in [0.29, 0.717) is 12.5 Å². The third-order valence-corrected chi connectivity index (χ3v) is 5.28. The highest BCUT2D eigenvalue weighted by molar-refractivity contribution is 5.09. The van der Waals surface area contributed by atoms with Crippen molar-refractivity contribution < 1.29 is 14.6 Å². The van der Waals surface area contributed by atoms with Gasteiger partial charge in [0.05, 0.1) is 18.5 Å². The fourth-order valence-electron chi connectivity index (χ4n) is 3.48. The summed E-state index contributed by atoms with van der Waals surface area (Å²) < 4.78 is 11.1. The second-order valence-corrected chi connectivity index (χ2v) is 8.36. The zero-order valence-electron chi connectivity index (χ0n) is 22.7. The Morgan fingerprint density at radius 3 is 2.21 bits per heavy atom. The first-order chi connectivity index (χ1) is 16.5. The second-order valence-electron chi connectivity index (χ2n) is 8.36. The van der Waals surface area contributed by atoms with Crippen LogP contribution in [0.15, 0.2) is 48.5 Å². The molecule has 34 heavy (non-hydrogen) atoms. The number of aliphatic hydroxyl groups is 1. The molecule has 1 aliphatic rings. The van der Waals surface area contributed by atoms with E-state index in [2.05, 4.69) is 51.3 Å². The highest BCUT2D eigenvalue weighted by Crippen LogP contribution is 2.25. The van der Waals surface area contributed by atoms with Gasteiger partial charge in [0, 0.05) is 13.0 Å². The molecule has 194 valence electrons. The lowest BCUT2D eigenvalue weighted by Crippen LogP contribution is -2.05. The predicted octanol–water partition coefficient (Wildman–Crippen LogP) is 8.23. The van der Waals surface area contributed by atoms with Gasteiger partial charge in [-0.2, -0.15) is 0 Å². The molecule has 1 N–H and O–H groups in total. The van der Waals surface area contributed by atoms with Gasteiger partial charge in [0.15, 0.2) is 0 Å². The van der Waals surface area contributed by atoms with Crippen LogP contribution >= 0.6 is 0 Å². The molecule has 0 saturated heterocycles. The molecule has 1 atom stereocenters. The smallest absolute Gasteiger partial charge is 0.114 e. The molecule has 0 amide bonds. The first-order valence-corrected chi connectivity index (χ1v) is 12.7. The quantitative estimate of drug-likeness (QED) is 0.0909. The van der Waals surface area contributed by atoms with Crippen molar-refractivity contribution in [2.45, 2.75) is 98.5 Å². The molecule has 0 aromatic rings. The van der Waals surface area contributed by atoms with Gasteiger partial charge >= 0.3 is 0 Å². The third kappa shape index (κ3) is 24.3. The van der Waals surface area contributed by atoms with Crippen molar-refractivity contribution in [2.75, 3.05) is 13.2 Å². The summed E-state index contributed by atoms with van der Waals surface area (Å²) in [6.45, 7) is 15.1. The molecule has 1 fully saturated rings.